The quantitative estimate of drug-likeness (QED) is 0.335. The first-order valence-corrected chi connectivity index (χ1v) is 8.69. The van der Waals surface area contributed by atoms with Crippen molar-refractivity contribution in [3.8, 4) is 0 Å². The summed E-state index contributed by atoms with van der Waals surface area (Å²) in [5.74, 6) is -0.308. The number of halogens is 2. The molecule has 0 radical (unpaired) electrons. The molecule has 2 aromatic rings. The molecule has 2 aromatic carbocycles. The van der Waals surface area contributed by atoms with Gasteiger partial charge in [-0.3, -0.25) is 14.9 Å². The highest BCUT2D eigenvalue weighted by Crippen LogP contribution is 2.25. The van der Waals surface area contributed by atoms with Crippen LogP contribution in [0.1, 0.15) is 12.5 Å². The predicted octanol–water partition coefficient (Wildman–Crippen LogP) is 4.53. The third-order valence-corrected chi connectivity index (χ3v) is 4.77. The van der Waals surface area contributed by atoms with Gasteiger partial charge in [0.05, 0.1) is 16.4 Å². The summed E-state index contributed by atoms with van der Waals surface area (Å²) in [6, 6.07) is 11.1. The van der Waals surface area contributed by atoms with Gasteiger partial charge in [0.2, 0.25) is 0 Å². The first-order valence-electron chi connectivity index (χ1n) is 7.06. The second-order valence-electron chi connectivity index (χ2n) is 4.91. The number of rotatable bonds is 6. The van der Waals surface area contributed by atoms with Crippen molar-refractivity contribution in [2.45, 2.75) is 17.1 Å². The minimum Gasteiger partial charge on any atom is -0.272 e. The molecule has 0 bridgehead atoms. The Morgan fingerprint density at radius 1 is 1.28 bits per heavy atom. The molecule has 0 aromatic heterocycles. The van der Waals surface area contributed by atoms with E-state index in [4.69, 9.17) is 23.2 Å². The van der Waals surface area contributed by atoms with Crippen molar-refractivity contribution in [2.75, 3.05) is 0 Å². The van der Waals surface area contributed by atoms with Crippen LogP contribution in [0.2, 0.25) is 10.0 Å². The van der Waals surface area contributed by atoms with Crippen LogP contribution in [-0.2, 0) is 4.79 Å². The zero-order chi connectivity index (χ0) is 18.4. The summed E-state index contributed by atoms with van der Waals surface area (Å²) in [7, 11) is 0. The van der Waals surface area contributed by atoms with Gasteiger partial charge in [-0.2, -0.15) is 5.10 Å². The number of amides is 1. The molecule has 0 aliphatic carbocycles. The van der Waals surface area contributed by atoms with Gasteiger partial charge in [0.25, 0.3) is 11.6 Å². The van der Waals surface area contributed by atoms with E-state index in [2.05, 4.69) is 10.5 Å². The third-order valence-electron chi connectivity index (χ3n) is 3.06. The number of hydrogen-bond acceptors (Lipinski definition) is 5. The minimum atomic E-state index is -0.531. The summed E-state index contributed by atoms with van der Waals surface area (Å²) in [5, 5.41) is 15.1. The standard InChI is InChI=1S/C16H13Cl2N3O3S/c1-10(25-14-5-2-12(17)3-6-14)16(22)20-19-9-11-8-13(21(23)24)4-7-15(11)18/h2-10H,1H3,(H,20,22)/b19-9-/t10-/m0/s1. The van der Waals surface area contributed by atoms with Crippen LogP contribution in [0.25, 0.3) is 0 Å². The first kappa shape index (κ1) is 19.2. The number of nitro benzene ring substituents is 1. The van der Waals surface area contributed by atoms with E-state index in [1.54, 1.807) is 19.1 Å². The number of nitrogens with one attached hydrogen (secondary N) is 1. The Balaban J connectivity index is 1.96. The fourth-order valence-corrected chi connectivity index (χ4v) is 2.92. The summed E-state index contributed by atoms with van der Waals surface area (Å²) in [5.41, 5.74) is 2.63. The number of carbonyl (C=O) groups excluding carboxylic acids is 1. The number of nitro groups is 1. The molecule has 2 rings (SSSR count). The number of hydrazone groups is 1. The Hall–Kier alpha value is -2.09. The van der Waals surface area contributed by atoms with Gasteiger partial charge in [0.1, 0.15) is 0 Å². The van der Waals surface area contributed by atoms with Crippen molar-refractivity contribution in [1.29, 1.82) is 0 Å². The van der Waals surface area contributed by atoms with Crippen LogP contribution in [0.3, 0.4) is 0 Å². The van der Waals surface area contributed by atoms with Gasteiger partial charge in [-0.25, -0.2) is 5.43 Å². The molecular weight excluding hydrogens is 385 g/mol. The summed E-state index contributed by atoms with van der Waals surface area (Å²) < 4.78 is 0. The Labute approximate surface area is 158 Å². The van der Waals surface area contributed by atoms with Gasteiger partial charge in [-0.05, 0) is 37.3 Å². The van der Waals surface area contributed by atoms with Gasteiger partial charge >= 0.3 is 0 Å². The maximum atomic E-state index is 12.1. The number of non-ortho nitro benzene ring substituents is 1. The lowest BCUT2D eigenvalue weighted by atomic mass is 10.2. The lowest BCUT2D eigenvalue weighted by Gasteiger charge is -2.09. The molecule has 1 amide bonds. The van der Waals surface area contributed by atoms with Gasteiger partial charge in [-0.1, -0.05) is 23.2 Å². The SMILES string of the molecule is C[C@H](Sc1ccc(Cl)cc1)C(=O)N/N=C\c1cc([N+](=O)[O-])ccc1Cl. The summed E-state index contributed by atoms with van der Waals surface area (Å²) in [6.07, 6.45) is 1.27. The van der Waals surface area contributed by atoms with Gasteiger partial charge in [-0.15, -0.1) is 11.8 Å². The molecule has 0 saturated heterocycles. The summed E-state index contributed by atoms with van der Waals surface area (Å²) in [6.45, 7) is 1.74. The highest BCUT2D eigenvalue weighted by atomic mass is 35.5. The van der Waals surface area contributed by atoms with Crippen LogP contribution >= 0.6 is 35.0 Å². The second-order valence-corrected chi connectivity index (χ2v) is 7.17. The molecule has 9 heteroatoms. The van der Waals surface area contributed by atoms with E-state index in [0.717, 1.165) is 4.90 Å². The zero-order valence-corrected chi connectivity index (χ0v) is 15.3. The van der Waals surface area contributed by atoms with Crippen LogP contribution in [0.4, 0.5) is 5.69 Å². The molecule has 0 unspecified atom stereocenters. The maximum absolute atomic E-state index is 12.1. The topological polar surface area (TPSA) is 84.6 Å². The fourth-order valence-electron chi connectivity index (χ4n) is 1.77. The van der Waals surface area contributed by atoms with Crippen molar-refractivity contribution < 1.29 is 9.72 Å². The van der Waals surface area contributed by atoms with E-state index in [-0.39, 0.29) is 16.8 Å². The average Bonchev–Trinajstić information content (AvgIpc) is 2.58. The van der Waals surface area contributed by atoms with E-state index < -0.39 is 4.92 Å². The van der Waals surface area contributed by atoms with Crippen molar-refractivity contribution in [1.82, 2.24) is 5.43 Å². The third kappa shape index (κ3) is 5.74. The van der Waals surface area contributed by atoms with E-state index in [1.165, 1.54) is 36.2 Å². The minimum absolute atomic E-state index is 0.108. The Morgan fingerprint density at radius 3 is 2.60 bits per heavy atom. The van der Waals surface area contributed by atoms with Crippen LogP contribution in [0.15, 0.2) is 52.5 Å². The predicted molar refractivity (Wildman–Crippen MR) is 101 cm³/mol. The average molecular weight is 398 g/mol. The fraction of sp³-hybridized carbons (Fsp3) is 0.125. The maximum Gasteiger partial charge on any atom is 0.270 e. The number of carbonyl (C=O) groups is 1. The van der Waals surface area contributed by atoms with Gasteiger partial charge in [0.15, 0.2) is 0 Å². The molecule has 25 heavy (non-hydrogen) atoms. The molecule has 0 heterocycles. The second kappa shape index (κ2) is 8.84. The normalized spacial score (nSPS) is 12.1. The van der Waals surface area contributed by atoms with E-state index in [0.29, 0.717) is 15.6 Å². The largest absolute Gasteiger partial charge is 0.272 e. The molecule has 0 fully saturated rings. The van der Waals surface area contributed by atoms with E-state index in [1.807, 2.05) is 12.1 Å². The number of nitrogens with zero attached hydrogens (tertiary/aromatic N) is 2. The van der Waals surface area contributed by atoms with Gasteiger partial charge in [0, 0.05) is 32.6 Å². The molecule has 130 valence electrons. The highest BCUT2D eigenvalue weighted by Gasteiger charge is 2.14. The lowest BCUT2D eigenvalue weighted by molar-refractivity contribution is -0.384. The van der Waals surface area contributed by atoms with Crippen molar-refractivity contribution in [2.24, 2.45) is 5.10 Å². The van der Waals surface area contributed by atoms with Gasteiger partial charge < -0.3 is 0 Å². The molecule has 0 spiro atoms. The van der Waals surface area contributed by atoms with Crippen LogP contribution in [0.5, 0.6) is 0 Å². The van der Waals surface area contributed by atoms with Crippen molar-refractivity contribution >= 4 is 52.8 Å². The van der Waals surface area contributed by atoms with Crippen molar-refractivity contribution in [3.63, 3.8) is 0 Å². The smallest absolute Gasteiger partial charge is 0.270 e. The molecule has 6 nitrogen and oxygen atoms in total. The lowest BCUT2D eigenvalue weighted by Crippen LogP contribution is -2.26. The summed E-state index contributed by atoms with van der Waals surface area (Å²) >= 11 is 13.1. The molecule has 0 aliphatic rings. The highest BCUT2D eigenvalue weighted by molar-refractivity contribution is 8.00. The number of benzene rings is 2. The van der Waals surface area contributed by atoms with E-state index in [9.17, 15) is 14.9 Å². The van der Waals surface area contributed by atoms with Crippen LogP contribution in [-0.4, -0.2) is 22.3 Å². The van der Waals surface area contributed by atoms with Crippen LogP contribution < -0.4 is 5.43 Å². The first-order chi connectivity index (χ1) is 11.9. The Morgan fingerprint density at radius 2 is 1.96 bits per heavy atom. The monoisotopic (exact) mass is 397 g/mol. The number of hydrogen-bond donors (Lipinski definition) is 1. The molecule has 0 saturated carbocycles. The molecule has 1 N–H and O–H groups in total. The molecular formula is C16H13Cl2N3O3S. The summed E-state index contributed by atoms with van der Waals surface area (Å²) in [4.78, 5) is 23.2. The molecule has 1 atom stereocenters. The number of thioether (sulfide) groups is 1. The van der Waals surface area contributed by atoms with Crippen molar-refractivity contribution in [3.05, 3.63) is 68.2 Å². The van der Waals surface area contributed by atoms with E-state index >= 15 is 0 Å². The zero-order valence-electron chi connectivity index (χ0n) is 13.0. The molecule has 0 aliphatic heterocycles. The van der Waals surface area contributed by atoms with Crippen LogP contribution in [0, 0.1) is 10.1 Å². The Bertz CT molecular complexity index is 813. The Kier molecular flexibility index (Phi) is 6.81.